The molecule has 102 valence electrons. The Balaban J connectivity index is 3.18. The van der Waals surface area contributed by atoms with Crippen molar-refractivity contribution in [2.45, 2.75) is 19.9 Å². The first-order valence-electron chi connectivity index (χ1n) is 6.16. The second-order valence-electron chi connectivity index (χ2n) is 4.74. The van der Waals surface area contributed by atoms with Crippen LogP contribution in [0.4, 0.5) is 0 Å². The Kier molecular flexibility index (Phi) is 6.12. The first kappa shape index (κ1) is 15.5. The number of ether oxygens (including phenoxy) is 1. The lowest BCUT2D eigenvalue weighted by Crippen LogP contribution is -2.31. The molecule has 0 saturated heterocycles. The molecule has 0 saturated carbocycles. The number of hydrogen-bond donors (Lipinski definition) is 2. The summed E-state index contributed by atoms with van der Waals surface area (Å²) in [7, 11) is 3.58. The van der Waals surface area contributed by atoms with Crippen LogP contribution in [0.2, 0.25) is 0 Å². The Morgan fingerprint density at radius 1 is 1.39 bits per heavy atom. The van der Waals surface area contributed by atoms with Crippen LogP contribution in [0.25, 0.3) is 0 Å². The van der Waals surface area contributed by atoms with E-state index in [0.29, 0.717) is 5.92 Å². The zero-order valence-corrected chi connectivity index (χ0v) is 13.0. The minimum atomic E-state index is 0.0717. The molecule has 2 unspecified atom stereocenters. The molecule has 2 atom stereocenters. The van der Waals surface area contributed by atoms with E-state index in [1.807, 2.05) is 25.2 Å². The average Bonchev–Trinajstić information content (AvgIpc) is 2.35. The van der Waals surface area contributed by atoms with Gasteiger partial charge in [-0.3, -0.25) is 0 Å². The molecule has 0 aliphatic heterocycles. The van der Waals surface area contributed by atoms with Crippen molar-refractivity contribution in [1.29, 1.82) is 0 Å². The summed E-state index contributed by atoms with van der Waals surface area (Å²) in [5, 5.41) is 12.9. The molecule has 4 heteroatoms. The van der Waals surface area contributed by atoms with Gasteiger partial charge in [-0.1, -0.05) is 29.8 Å². The molecule has 1 aromatic carbocycles. The van der Waals surface area contributed by atoms with E-state index in [1.165, 1.54) is 0 Å². The molecule has 1 aromatic rings. The predicted octanol–water partition coefficient (Wildman–Crippen LogP) is 2.98. The van der Waals surface area contributed by atoms with Crippen LogP contribution < -0.4 is 10.1 Å². The van der Waals surface area contributed by atoms with Crippen LogP contribution in [0.1, 0.15) is 25.5 Å². The van der Waals surface area contributed by atoms with Crippen molar-refractivity contribution in [3.05, 3.63) is 28.2 Å². The van der Waals surface area contributed by atoms with Crippen molar-refractivity contribution < 1.29 is 9.84 Å². The van der Waals surface area contributed by atoms with Crippen molar-refractivity contribution in [1.82, 2.24) is 5.32 Å². The molecular weight excluding hydrogens is 294 g/mol. The van der Waals surface area contributed by atoms with E-state index in [4.69, 9.17) is 4.74 Å². The fourth-order valence-corrected chi connectivity index (χ4v) is 2.63. The molecule has 0 amide bonds. The number of benzene rings is 1. The number of aliphatic hydroxyl groups is 1. The second-order valence-corrected chi connectivity index (χ2v) is 5.66. The molecule has 0 bridgehead atoms. The van der Waals surface area contributed by atoms with Gasteiger partial charge in [-0.15, -0.1) is 0 Å². The van der Waals surface area contributed by atoms with Crippen LogP contribution in [0.15, 0.2) is 22.7 Å². The average molecular weight is 316 g/mol. The van der Waals surface area contributed by atoms with Crippen LogP contribution in [-0.2, 0) is 0 Å². The van der Waals surface area contributed by atoms with Crippen molar-refractivity contribution in [2.75, 3.05) is 20.8 Å². The van der Waals surface area contributed by atoms with Gasteiger partial charge < -0.3 is 15.2 Å². The Morgan fingerprint density at radius 2 is 2.06 bits per heavy atom. The highest BCUT2D eigenvalue weighted by molar-refractivity contribution is 9.10. The molecule has 2 N–H and O–H groups in total. The maximum atomic E-state index is 9.60. The van der Waals surface area contributed by atoms with E-state index in [0.717, 1.165) is 15.8 Å². The van der Waals surface area contributed by atoms with E-state index < -0.39 is 0 Å². The smallest absolute Gasteiger partial charge is 0.123 e. The van der Waals surface area contributed by atoms with Gasteiger partial charge in [0.05, 0.1) is 7.11 Å². The fraction of sp³-hybridized carbons (Fsp3) is 0.571. The molecule has 0 spiro atoms. The molecule has 1 rings (SSSR count). The predicted molar refractivity (Wildman–Crippen MR) is 77.9 cm³/mol. The highest BCUT2D eigenvalue weighted by Gasteiger charge is 2.26. The van der Waals surface area contributed by atoms with Gasteiger partial charge in [0.1, 0.15) is 5.75 Å². The van der Waals surface area contributed by atoms with Crippen LogP contribution in [0, 0.1) is 11.8 Å². The molecule has 0 radical (unpaired) electrons. The van der Waals surface area contributed by atoms with E-state index in [-0.39, 0.29) is 18.6 Å². The molecule has 3 nitrogen and oxygen atoms in total. The van der Waals surface area contributed by atoms with E-state index in [9.17, 15) is 5.11 Å². The van der Waals surface area contributed by atoms with Crippen molar-refractivity contribution >= 4 is 15.9 Å². The first-order valence-corrected chi connectivity index (χ1v) is 6.96. The number of methoxy groups -OCH3 is 1. The van der Waals surface area contributed by atoms with Crippen molar-refractivity contribution in [2.24, 2.45) is 11.8 Å². The minimum Gasteiger partial charge on any atom is -0.496 e. The van der Waals surface area contributed by atoms with Crippen molar-refractivity contribution in [3.63, 3.8) is 0 Å². The summed E-state index contributed by atoms with van der Waals surface area (Å²) < 4.78 is 6.43. The summed E-state index contributed by atoms with van der Waals surface area (Å²) in [5.74, 6) is 1.38. The Hall–Kier alpha value is -0.580. The molecule has 0 fully saturated rings. The largest absolute Gasteiger partial charge is 0.496 e. The van der Waals surface area contributed by atoms with Gasteiger partial charge in [-0.25, -0.2) is 0 Å². The van der Waals surface area contributed by atoms with Gasteiger partial charge in [0.2, 0.25) is 0 Å². The monoisotopic (exact) mass is 315 g/mol. The molecule has 0 heterocycles. The third-order valence-electron chi connectivity index (χ3n) is 3.33. The Bertz CT molecular complexity index is 382. The zero-order valence-electron chi connectivity index (χ0n) is 11.4. The van der Waals surface area contributed by atoms with Gasteiger partial charge in [0, 0.05) is 28.6 Å². The molecular formula is C14H22BrNO2. The number of nitrogens with one attached hydrogen (secondary N) is 1. The van der Waals surface area contributed by atoms with Gasteiger partial charge >= 0.3 is 0 Å². The van der Waals surface area contributed by atoms with Crippen LogP contribution in [0.3, 0.4) is 0 Å². The number of hydrogen-bond acceptors (Lipinski definition) is 3. The van der Waals surface area contributed by atoms with Gasteiger partial charge in [-0.2, -0.15) is 0 Å². The molecule has 18 heavy (non-hydrogen) atoms. The summed E-state index contributed by atoms with van der Waals surface area (Å²) in [6, 6.07) is 6.02. The lowest BCUT2D eigenvalue weighted by Gasteiger charge is -2.30. The van der Waals surface area contributed by atoms with E-state index >= 15 is 0 Å². The number of aliphatic hydroxyl groups excluding tert-OH is 1. The number of halogens is 1. The maximum absolute atomic E-state index is 9.60. The van der Waals surface area contributed by atoms with Gasteiger partial charge in [0.15, 0.2) is 0 Å². The van der Waals surface area contributed by atoms with Gasteiger partial charge in [0.25, 0.3) is 0 Å². The van der Waals surface area contributed by atoms with Crippen LogP contribution in [0.5, 0.6) is 5.75 Å². The minimum absolute atomic E-state index is 0.0717. The van der Waals surface area contributed by atoms with E-state index in [2.05, 4.69) is 35.1 Å². The third-order valence-corrected chi connectivity index (χ3v) is 3.83. The Morgan fingerprint density at radius 3 is 2.50 bits per heavy atom. The molecule has 0 aliphatic carbocycles. The highest BCUT2D eigenvalue weighted by atomic mass is 79.9. The van der Waals surface area contributed by atoms with Crippen LogP contribution in [-0.4, -0.2) is 25.9 Å². The topological polar surface area (TPSA) is 41.5 Å². The third kappa shape index (κ3) is 3.46. The quantitative estimate of drug-likeness (QED) is 0.848. The molecule has 0 aromatic heterocycles. The summed E-state index contributed by atoms with van der Waals surface area (Å²) >= 11 is 3.49. The maximum Gasteiger partial charge on any atom is 0.123 e. The molecule has 0 aliphatic rings. The summed E-state index contributed by atoms with van der Waals surface area (Å²) in [6.45, 7) is 4.39. The van der Waals surface area contributed by atoms with E-state index in [1.54, 1.807) is 7.11 Å². The summed E-state index contributed by atoms with van der Waals surface area (Å²) in [4.78, 5) is 0. The van der Waals surface area contributed by atoms with Gasteiger partial charge in [-0.05, 0) is 31.2 Å². The summed E-state index contributed by atoms with van der Waals surface area (Å²) in [5.41, 5.74) is 1.07. The van der Waals surface area contributed by atoms with Crippen LogP contribution >= 0.6 is 15.9 Å². The highest BCUT2D eigenvalue weighted by Crippen LogP contribution is 2.35. The Labute approximate surface area is 118 Å². The number of rotatable bonds is 6. The lowest BCUT2D eigenvalue weighted by molar-refractivity contribution is 0.153. The normalized spacial score (nSPS) is 14.6. The van der Waals surface area contributed by atoms with Crippen molar-refractivity contribution in [3.8, 4) is 5.75 Å². The standard InChI is InChI=1S/C14H22BrNO2/c1-9(2)12(8-17)14(16-3)11-7-10(15)5-6-13(11)18-4/h5-7,9,12,14,16-17H,8H2,1-4H3. The second kappa shape index (κ2) is 7.12. The zero-order chi connectivity index (χ0) is 13.7. The fourth-order valence-electron chi connectivity index (χ4n) is 2.25. The summed E-state index contributed by atoms with van der Waals surface area (Å²) in [6.07, 6.45) is 0. The SMILES string of the molecule is CNC(c1cc(Br)ccc1OC)C(CO)C(C)C. The first-order chi connectivity index (χ1) is 8.54. The lowest BCUT2D eigenvalue weighted by atomic mass is 9.85.